The summed E-state index contributed by atoms with van der Waals surface area (Å²) in [5.41, 5.74) is 0.804. The van der Waals surface area contributed by atoms with Crippen LogP contribution in [-0.4, -0.2) is 36.5 Å². The van der Waals surface area contributed by atoms with Gasteiger partial charge >= 0.3 is 6.03 Å². The predicted octanol–water partition coefficient (Wildman–Crippen LogP) is 1.39. The highest BCUT2D eigenvalue weighted by Gasteiger charge is 2.31. The van der Waals surface area contributed by atoms with Crippen LogP contribution in [-0.2, 0) is 16.1 Å². The Bertz CT molecular complexity index is 791. The Kier molecular flexibility index (Phi) is 5.75. The molecule has 8 heteroatoms. The number of nitrogens with one attached hydrogen (secondary N) is 3. The number of para-hydroxylation sites is 1. The van der Waals surface area contributed by atoms with E-state index in [9.17, 15) is 14.4 Å². The molecule has 8 nitrogen and oxygen atoms in total. The molecule has 0 radical (unpaired) electrons. The van der Waals surface area contributed by atoms with Crippen molar-refractivity contribution < 1.29 is 18.8 Å². The van der Waals surface area contributed by atoms with E-state index in [4.69, 9.17) is 4.42 Å². The van der Waals surface area contributed by atoms with E-state index in [0.717, 1.165) is 5.69 Å². The Morgan fingerprint density at radius 3 is 2.70 bits per heavy atom. The second-order valence-corrected chi connectivity index (χ2v) is 6.38. The standard InChI is InChI=1S/C19H22N4O4/c1-13(18(25)20-11-16-8-5-9-27-16)21-19(26)22-14-10-17(24)23(12-14)15-6-3-2-4-7-15/h2-9,13-14H,10-12H2,1H3,(H,20,25)(H2,21,22,26). The molecule has 3 N–H and O–H groups in total. The van der Waals surface area contributed by atoms with E-state index in [1.807, 2.05) is 30.3 Å². The SMILES string of the molecule is CC(NC(=O)NC1CC(=O)N(c2ccccc2)C1)C(=O)NCc1ccco1. The average Bonchev–Trinajstić information content (AvgIpc) is 3.29. The molecule has 4 amide bonds. The lowest BCUT2D eigenvalue weighted by atomic mass is 10.2. The molecule has 2 heterocycles. The van der Waals surface area contributed by atoms with Crippen molar-refractivity contribution in [3.05, 3.63) is 54.5 Å². The van der Waals surface area contributed by atoms with E-state index < -0.39 is 12.1 Å². The molecule has 1 aromatic heterocycles. The first-order valence-corrected chi connectivity index (χ1v) is 8.75. The number of amides is 4. The Balaban J connectivity index is 1.45. The zero-order valence-electron chi connectivity index (χ0n) is 15.0. The molecular formula is C19H22N4O4. The fourth-order valence-electron chi connectivity index (χ4n) is 2.89. The van der Waals surface area contributed by atoms with Gasteiger partial charge in [0.05, 0.1) is 18.8 Å². The molecule has 0 saturated carbocycles. The second-order valence-electron chi connectivity index (χ2n) is 6.38. The summed E-state index contributed by atoms with van der Waals surface area (Å²) >= 11 is 0. The van der Waals surface area contributed by atoms with Crippen molar-refractivity contribution >= 4 is 23.5 Å². The molecule has 0 aliphatic carbocycles. The normalized spacial score (nSPS) is 17.4. The first-order chi connectivity index (χ1) is 13.0. The number of hydrogen-bond donors (Lipinski definition) is 3. The highest BCUT2D eigenvalue weighted by Crippen LogP contribution is 2.20. The van der Waals surface area contributed by atoms with Crippen LogP contribution < -0.4 is 20.9 Å². The van der Waals surface area contributed by atoms with Gasteiger partial charge in [-0.2, -0.15) is 0 Å². The van der Waals surface area contributed by atoms with E-state index in [-0.39, 0.29) is 30.8 Å². The zero-order valence-corrected chi connectivity index (χ0v) is 15.0. The molecule has 1 aromatic carbocycles. The lowest BCUT2D eigenvalue weighted by Gasteiger charge is -2.18. The monoisotopic (exact) mass is 370 g/mol. The van der Waals surface area contributed by atoms with Crippen LogP contribution in [0.15, 0.2) is 53.1 Å². The topological polar surface area (TPSA) is 104 Å². The van der Waals surface area contributed by atoms with Gasteiger partial charge in [0.15, 0.2) is 0 Å². The van der Waals surface area contributed by atoms with Crippen molar-refractivity contribution in [2.75, 3.05) is 11.4 Å². The lowest BCUT2D eigenvalue weighted by Crippen LogP contribution is -2.51. The third-order valence-electron chi connectivity index (χ3n) is 4.29. The summed E-state index contributed by atoms with van der Waals surface area (Å²) in [4.78, 5) is 38.0. The van der Waals surface area contributed by atoms with Crippen LogP contribution in [0.5, 0.6) is 0 Å². The van der Waals surface area contributed by atoms with Crippen LogP contribution in [0, 0.1) is 0 Å². The number of furan rings is 1. The van der Waals surface area contributed by atoms with Gasteiger partial charge in [-0.15, -0.1) is 0 Å². The fourth-order valence-corrected chi connectivity index (χ4v) is 2.89. The van der Waals surface area contributed by atoms with Gasteiger partial charge in [0, 0.05) is 18.7 Å². The van der Waals surface area contributed by atoms with Gasteiger partial charge < -0.3 is 25.3 Å². The molecule has 2 aromatic rings. The molecule has 1 saturated heterocycles. The first kappa shape index (κ1) is 18.5. The van der Waals surface area contributed by atoms with E-state index in [1.165, 1.54) is 6.26 Å². The summed E-state index contributed by atoms with van der Waals surface area (Å²) in [7, 11) is 0. The molecule has 1 aliphatic heterocycles. The quantitative estimate of drug-likeness (QED) is 0.715. The molecule has 2 unspecified atom stereocenters. The molecule has 1 fully saturated rings. The van der Waals surface area contributed by atoms with Gasteiger partial charge in [-0.05, 0) is 31.2 Å². The number of rotatable bonds is 6. The van der Waals surface area contributed by atoms with Gasteiger partial charge in [0.25, 0.3) is 0 Å². The first-order valence-electron chi connectivity index (χ1n) is 8.75. The van der Waals surface area contributed by atoms with Gasteiger partial charge in [-0.25, -0.2) is 4.79 Å². The maximum absolute atomic E-state index is 12.2. The molecule has 0 bridgehead atoms. The Morgan fingerprint density at radius 2 is 2.00 bits per heavy atom. The van der Waals surface area contributed by atoms with Gasteiger partial charge in [0.2, 0.25) is 11.8 Å². The van der Waals surface area contributed by atoms with Crippen LogP contribution in [0.4, 0.5) is 10.5 Å². The van der Waals surface area contributed by atoms with Crippen molar-refractivity contribution in [3.8, 4) is 0 Å². The minimum absolute atomic E-state index is 0.0456. The second kappa shape index (κ2) is 8.39. The maximum Gasteiger partial charge on any atom is 0.315 e. The minimum atomic E-state index is -0.720. The van der Waals surface area contributed by atoms with Gasteiger partial charge in [-0.3, -0.25) is 9.59 Å². The summed E-state index contributed by atoms with van der Waals surface area (Å²) in [5.74, 6) is 0.260. The van der Waals surface area contributed by atoms with E-state index >= 15 is 0 Å². The number of carbonyl (C=O) groups is 3. The molecule has 1 aliphatic rings. The summed E-state index contributed by atoms with van der Waals surface area (Å²) in [6.45, 7) is 2.24. The van der Waals surface area contributed by atoms with Crippen LogP contribution in [0.2, 0.25) is 0 Å². The molecule has 0 spiro atoms. The van der Waals surface area contributed by atoms with Crippen molar-refractivity contribution in [2.45, 2.75) is 32.0 Å². The number of hydrogen-bond acceptors (Lipinski definition) is 4. The lowest BCUT2D eigenvalue weighted by molar-refractivity contribution is -0.122. The molecule has 27 heavy (non-hydrogen) atoms. The number of urea groups is 1. The summed E-state index contributed by atoms with van der Waals surface area (Å²) in [6.07, 6.45) is 1.75. The van der Waals surface area contributed by atoms with E-state index in [0.29, 0.717) is 12.3 Å². The third-order valence-corrected chi connectivity index (χ3v) is 4.29. The van der Waals surface area contributed by atoms with E-state index in [1.54, 1.807) is 24.0 Å². The van der Waals surface area contributed by atoms with Crippen molar-refractivity contribution in [2.24, 2.45) is 0 Å². The Morgan fingerprint density at radius 1 is 1.22 bits per heavy atom. The number of anilines is 1. The molecule has 3 rings (SSSR count). The van der Waals surface area contributed by atoms with Crippen LogP contribution in [0.25, 0.3) is 0 Å². The highest BCUT2D eigenvalue weighted by molar-refractivity contribution is 5.97. The summed E-state index contributed by atoms with van der Waals surface area (Å²) in [6, 6.07) is 11.3. The summed E-state index contributed by atoms with van der Waals surface area (Å²) in [5, 5.41) is 8.02. The number of benzene rings is 1. The average molecular weight is 370 g/mol. The molecule has 142 valence electrons. The van der Waals surface area contributed by atoms with Crippen molar-refractivity contribution in [3.63, 3.8) is 0 Å². The van der Waals surface area contributed by atoms with Gasteiger partial charge in [-0.1, -0.05) is 18.2 Å². The number of carbonyl (C=O) groups excluding carboxylic acids is 3. The summed E-state index contributed by atoms with van der Waals surface area (Å²) < 4.78 is 5.14. The maximum atomic E-state index is 12.2. The van der Waals surface area contributed by atoms with Crippen LogP contribution in [0.1, 0.15) is 19.1 Å². The zero-order chi connectivity index (χ0) is 19.2. The molecule has 2 atom stereocenters. The van der Waals surface area contributed by atoms with Gasteiger partial charge in [0.1, 0.15) is 11.8 Å². The molecular weight excluding hydrogens is 348 g/mol. The highest BCUT2D eigenvalue weighted by atomic mass is 16.3. The number of nitrogens with zero attached hydrogens (tertiary/aromatic N) is 1. The largest absolute Gasteiger partial charge is 0.467 e. The van der Waals surface area contributed by atoms with Crippen LogP contribution >= 0.6 is 0 Å². The predicted molar refractivity (Wildman–Crippen MR) is 98.9 cm³/mol. The Hall–Kier alpha value is -3.29. The third kappa shape index (κ3) is 4.87. The van der Waals surface area contributed by atoms with Crippen molar-refractivity contribution in [1.82, 2.24) is 16.0 Å². The van der Waals surface area contributed by atoms with Crippen molar-refractivity contribution in [1.29, 1.82) is 0 Å². The minimum Gasteiger partial charge on any atom is -0.467 e. The fraction of sp³-hybridized carbons (Fsp3) is 0.316. The smallest absolute Gasteiger partial charge is 0.315 e. The van der Waals surface area contributed by atoms with Crippen LogP contribution in [0.3, 0.4) is 0 Å². The Labute approximate surface area is 156 Å². The van der Waals surface area contributed by atoms with E-state index in [2.05, 4.69) is 16.0 Å².